The predicted molar refractivity (Wildman–Crippen MR) is 80.8 cm³/mol. The van der Waals surface area contributed by atoms with Crippen molar-refractivity contribution in [2.75, 3.05) is 5.73 Å². The van der Waals surface area contributed by atoms with Gasteiger partial charge >= 0.3 is 0 Å². The Labute approximate surface area is 119 Å². The third kappa shape index (κ3) is 3.37. The number of hydrogen-bond acceptors (Lipinski definition) is 3. The molecule has 0 unspecified atom stereocenters. The molecule has 0 radical (unpaired) electrons. The van der Waals surface area contributed by atoms with Crippen molar-refractivity contribution in [1.82, 2.24) is 4.72 Å². The van der Waals surface area contributed by atoms with Gasteiger partial charge in [-0.05, 0) is 43.2 Å². The van der Waals surface area contributed by atoms with E-state index in [-0.39, 0.29) is 11.4 Å². The van der Waals surface area contributed by atoms with E-state index in [1.807, 2.05) is 31.2 Å². The maximum Gasteiger partial charge on any atom is 0.241 e. The predicted octanol–water partition coefficient (Wildman–Crippen LogP) is 2.36. The zero-order chi connectivity index (χ0) is 14.8. The van der Waals surface area contributed by atoms with Crippen molar-refractivity contribution < 1.29 is 8.42 Å². The molecule has 3 N–H and O–H groups in total. The highest BCUT2D eigenvalue weighted by molar-refractivity contribution is 7.89. The average Bonchev–Trinajstić information content (AvgIpc) is 2.37. The van der Waals surface area contributed by atoms with Gasteiger partial charge in [0.25, 0.3) is 0 Å². The van der Waals surface area contributed by atoms with Crippen molar-refractivity contribution >= 4 is 15.7 Å². The van der Waals surface area contributed by atoms with Gasteiger partial charge in [-0.2, -0.15) is 0 Å². The maximum absolute atomic E-state index is 12.3. The van der Waals surface area contributed by atoms with Gasteiger partial charge in [-0.1, -0.05) is 29.8 Å². The van der Waals surface area contributed by atoms with Crippen molar-refractivity contribution in [1.29, 1.82) is 0 Å². The van der Waals surface area contributed by atoms with Crippen LogP contribution in [0.3, 0.4) is 0 Å². The third-order valence-corrected chi connectivity index (χ3v) is 4.64. The Morgan fingerprint density at radius 2 is 1.70 bits per heavy atom. The van der Waals surface area contributed by atoms with Gasteiger partial charge in [0.05, 0.1) is 4.90 Å². The van der Waals surface area contributed by atoms with Crippen molar-refractivity contribution in [3.8, 4) is 0 Å². The molecule has 0 aromatic heterocycles. The molecular formula is C15H18N2O2S. The first-order valence-corrected chi connectivity index (χ1v) is 7.78. The van der Waals surface area contributed by atoms with Crippen LogP contribution >= 0.6 is 0 Å². The van der Waals surface area contributed by atoms with Crippen molar-refractivity contribution in [3.05, 3.63) is 59.2 Å². The quantitative estimate of drug-likeness (QED) is 0.849. The lowest BCUT2D eigenvalue weighted by molar-refractivity contribution is 0.580. The van der Waals surface area contributed by atoms with E-state index >= 15 is 0 Å². The Morgan fingerprint density at radius 3 is 2.30 bits per heavy atom. The monoisotopic (exact) mass is 290 g/mol. The maximum atomic E-state index is 12.3. The first-order chi connectivity index (χ1) is 9.38. The van der Waals surface area contributed by atoms with E-state index in [1.165, 1.54) is 6.07 Å². The third-order valence-electron chi connectivity index (χ3n) is 3.08. The van der Waals surface area contributed by atoms with Crippen LogP contribution < -0.4 is 10.5 Å². The molecule has 0 spiro atoms. The summed E-state index contributed by atoms with van der Waals surface area (Å²) in [5, 5.41) is 0. The fourth-order valence-electron chi connectivity index (χ4n) is 1.94. The molecule has 0 aliphatic rings. The van der Waals surface area contributed by atoms with E-state index in [0.717, 1.165) is 11.1 Å². The normalized spacial score (nSPS) is 11.5. The Bertz CT molecular complexity index is 707. The number of sulfonamides is 1. The van der Waals surface area contributed by atoms with E-state index < -0.39 is 10.0 Å². The molecule has 106 valence electrons. The number of hydrogen-bond donors (Lipinski definition) is 2. The highest BCUT2D eigenvalue weighted by atomic mass is 32.2. The second-order valence-electron chi connectivity index (χ2n) is 4.84. The standard InChI is InChI=1S/C15H18N2O2S/c1-11-3-5-13(6-4-11)10-17-20(18,19)15-8-7-14(16)9-12(15)2/h3-9,17H,10,16H2,1-2H3. The summed E-state index contributed by atoms with van der Waals surface area (Å²) in [5.74, 6) is 0. The van der Waals surface area contributed by atoms with Gasteiger partial charge in [0.1, 0.15) is 0 Å². The van der Waals surface area contributed by atoms with Gasteiger partial charge < -0.3 is 5.73 Å². The van der Waals surface area contributed by atoms with Gasteiger partial charge in [0, 0.05) is 12.2 Å². The van der Waals surface area contributed by atoms with Gasteiger partial charge in [-0.25, -0.2) is 13.1 Å². The lowest BCUT2D eigenvalue weighted by Gasteiger charge is -2.10. The Morgan fingerprint density at radius 1 is 1.05 bits per heavy atom. The number of anilines is 1. The highest BCUT2D eigenvalue weighted by Gasteiger charge is 2.16. The van der Waals surface area contributed by atoms with Crippen LogP contribution in [0.15, 0.2) is 47.4 Å². The topological polar surface area (TPSA) is 72.2 Å². The number of aryl methyl sites for hydroxylation is 2. The summed E-state index contributed by atoms with van der Waals surface area (Å²) < 4.78 is 27.1. The highest BCUT2D eigenvalue weighted by Crippen LogP contribution is 2.18. The first kappa shape index (κ1) is 14.6. The number of nitrogens with two attached hydrogens (primary N) is 1. The molecule has 5 heteroatoms. The number of nitrogens with one attached hydrogen (secondary N) is 1. The zero-order valence-electron chi connectivity index (χ0n) is 11.6. The van der Waals surface area contributed by atoms with Crippen LogP contribution in [0.1, 0.15) is 16.7 Å². The summed E-state index contributed by atoms with van der Waals surface area (Å²) in [6.07, 6.45) is 0. The van der Waals surface area contributed by atoms with E-state index in [1.54, 1.807) is 19.1 Å². The number of rotatable bonds is 4. The largest absolute Gasteiger partial charge is 0.399 e. The smallest absolute Gasteiger partial charge is 0.241 e. The van der Waals surface area contributed by atoms with Crippen LogP contribution in [0.5, 0.6) is 0 Å². The average molecular weight is 290 g/mol. The van der Waals surface area contributed by atoms with Gasteiger partial charge in [0.2, 0.25) is 10.0 Å². The summed E-state index contributed by atoms with van der Waals surface area (Å²) in [6, 6.07) is 12.5. The van der Waals surface area contributed by atoms with Crippen LogP contribution in [0.25, 0.3) is 0 Å². The minimum Gasteiger partial charge on any atom is -0.399 e. The molecule has 0 aliphatic carbocycles. The molecule has 2 rings (SSSR count). The van der Waals surface area contributed by atoms with Crippen molar-refractivity contribution in [3.63, 3.8) is 0 Å². The fraction of sp³-hybridized carbons (Fsp3) is 0.200. The number of nitrogen functional groups attached to an aromatic ring is 1. The summed E-state index contributed by atoms with van der Waals surface area (Å²) in [4.78, 5) is 0.263. The second kappa shape index (κ2) is 5.64. The minimum absolute atomic E-state index is 0.263. The van der Waals surface area contributed by atoms with Gasteiger partial charge in [-0.15, -0.1) is 0 Å². The van der Waals surface area contributed by atoms with Gasteiger partial charge in [0.15, 0.2) is 0 Å². The van der Waals surface area contributed by atoms with Crippen LogP contribution in [-0.4, -0.2) is 8.42 Å². The molecule has 0 bridgehead atoms. The lowest BCUT2D eigenvalue weighted by atomic mass is 10.2. The minimum atomic E-state index is -3.52. The molecular weight excluding hydrogens is 272 g/mol. The van der Waals surface area contributed by atoms with E-state index in [9.17, 15) is 8.42 Å². The SMILES string of the molecule is Cc1ccc(CNS(=O)(=O)c2ccc(N)cc2C)cc1. The summed E-state index contributed by atoms with van der Waals surface area (Å²) in [5.41, 5.74) is 8.90. The van der Waals surface area contributed by atoms with Gasteiger partial charge in [-0.3, -0.25) is 0 Å². The fourth-order valence-corrected chi connectivity index (χ4v) is 3.18. The van der Waals surface area contributed by atoms with Crippen LogP contribution in [0.2, 0.25) is 0 Å². The molecule has 0 saturated heterocycles. The molecule has 0 heterocycles. The molecule has 2 aromatic rings. The van der Waals surface area contributed by atoms with Crippen LogP contribution in [0.4, 0.5) is 5.69 Å². The van der Waals surface area contributed by atoms with Crippen molar-refractivity contribution in [2.45, 2.75) is 25.3 Å². The molecule has 0 fully saturated rings. The molecule has 4 nitrogen and oxygen atoms in total. The number of benzene rings is 2. The first-order valence-electron chi connectivity index (χ1n) is 6.30. The molecule has 0 saturated carbocycles. The molecule has 0 amide bonds. The summed E-state index contributed by atoms with van der Waals surface area (Å²) in [7, 11) is -3.52. The zero-order valence-corrected chi connectivity index (χ0v) is 12.4. The summed E-state index contributed by atoms with van der Waals surface area (Å²) >= 11 is 0. The second-order valence-corrected chi connectivity index (χ2v) is 6.57. The Hall–Kier alpha value is -1.85. The van der Waals surface area contributed by atoms with Crippen molar-refractivity contribution in [2.24, 2.45) is 0 Å². The Balaban J connectivity index is 2.17. The van der Waals surface area contributed by atoms with E-state index in [2.05, 4.69) is 4.72 Å². The molecule has 0 atom stereocenters. The molecule has 20 heavy (non-hydrogen) atoms. The van der Waals surface area contributed by atoms with Crippen LogP contribution in [-0.2, 0) is 16.6 Å². The van der Waals surface area contributed by atoms with E-state index in [0.29, 0.717) is 11.3 Å². The van der Waals surface area contributed by atoms with Crippen LogP contribution in [0, 0.1) is 13.8 Å². The molecule has 2 aromatic carbocycles. The lowest BCUT2D eigenvalue weighted by Crippen LogP contribution is -2.24. The molecule has 0 aliphatic heterocycles. The van der Waals surface area contributed by atoms with E-state index in [4.69, 9.17) is 5.73 Å². The summed E-state index contributed by atoms with van der Waals surface area (Å²) in [6.45, 7) is 3.99. The Kier molecular flexibility index (Phi) is 4.11.